The number of aliphatic hydroxyl groups is 1. The molecule has 1 aliphatic heterocycles. The van der Waals surface area contributed by atoms with Crippen LogP contribution in [-0.4, -0.2) is 23.3 Å². The average Bonchev–Trinajstić information content (AvgIpc) is 2.23. The molecular weight excluding hydrogens is 222 g/mol. The lowest BCUT2D eigenvalue weighted by Gasteiger charge is -2.46. The SMILES string of the molecule is CC1(C)CCC(O)CN1c1ccc(Cl)cc1. The summed E-state index contributed by atoms with van der Waals surface area (Å²) in [6.45, 7) is 5.13. The van der Waals surface area contributed by atoms with Crippen molar-refractivity contribution >= 4 is 17.3 Å². The number of hydrogen-bond donors (Lipinski definition) is 1. The first-order chi connectivity index (χ1) is 7.49. The van der Waals surface area contributed by atoms with Gasteiger partial charge in [-0.25, -0.2) is 0 Å². The molecule has 1 aromatic carbocycles. The van der Waals surface area contributed by atoms with Gasteiger partial charge in [-0.3, -0.25) is 0 Å². The normalized spacial score (nSPS) is 24.5. The molecule has 1 heterocycles. The topological polar surface area (TPSA) is 23.5 Å². The standard InChI is InChI=1S/C13H18ClNO/c1-13(2)8-7-12(16)9-15(13)11-5-3-10(14)4-6-11/h3-6,12,16H,7-9H2,1-2H3. The predicted octanol–water partition coefficient (Wildman–Crippen LogP) is 3.08. The van der Waals surface area contributed by atoms with E-state index in [0.29, 0.717) is 6.54 Å². The predicted molar refractivity (Wildman–Crippen MR) is 68.1 cm³/mol. The maximum atomic E-state index is 9.76. The van der Waals surface area contributed by atoms with Gasteiger partial charge in [0.1, 0.15) is 0 Å². The third-order valence-electron chi connectivity index (χ3n) is 3.35. The van der Waals surface area contributed by atoms with Crippen molar-refractivity contribution in [2.75, 3.05) is 11.4 Å². The fourth-order valence-corrected chi connectivity index (χ4v) is 2.41. The zero-order valence-electron chi connectivity index (χ0n) is 9.78. The van der Waals surface area contributed by atoms with Gasteiger partial charge in [0.2, 0.25) is 0 Å². The number of β-amino-alcohol motifs (C(OH)–C–C–N with tert-alkyl or cyclic N) is 1. The number of anilines is 1. The molecule has 1 atom stereocenters. The van der Waals surface area contributed by atoms with Gasteiger partial charge in [0, 0.05) is 22.8 Å². The van der Waals surface area contributed by atoms with Gasteiger partial charge in [0.25, 0.3) is 0 Å². The Hall–Kier alpha value is -0.730. The maximum absolute atomic E-state index is 9.76. The fourth-order valence-electron chi connectivity index (χ4n) is 2.28. The molecule has 0 spiro atoms. The van der Waals surface area contributed by atoms with E-state index in [1.807, 2.05) is 24.3 Å². The minimum Gasteiger partial charge on any atom is -0.391 e. The molecule has 1 aliphatic rings. The van der Waals surface area contributed by atoms with Gasteiger partial charge >= 0.3 is 0 Å². The summed E-state index contributed by atoms with van der Waals surface area (Å²) in [5.41, 5.74) is 1.24. The third kappa shape index (κ3) is 2.33. The second-order valence-electron chi connectivity index (χ2n) is 5.09. The van der Waals surface area contributed by atoms with Gasteiger partial charge in [-0.1, -0.05) is 11.6 Å². The monoisotopic (exact) mass is 239 g/mol. The van der Waals surface area contributed by atoms with E-state index in [9.17, 15) is 5.11 Å². The molecule has 0 radical (unpaired) electrons. The third-order valence-corrected chi connectivity index (χ3v) is 3.60. The highest BCUT2D eigenvalue weighted by Gasteiger charge is 2.33. The van der Waals surface area contributed by atoms with E-state index in [1.165, 1.54) is 0 Å². The van der Waals surface area contributed by atoms with Crippen LogP contribution < -0.4 is 4.90 Å². The Labute approximate surface area is 102 Å². The highest BCUT2D eigenvalue weighted by molar-refractivity contribution is 6.30. The fraction of sp³-hybridized carbons (Fsp3) is 0.538. The zero-order valence-corrected chi connectivity index (χ0v) is 10.5. The first-order valence-corrected chi connectivity index (χ1v) is 6.08. The summed E-state index contributed by atoms with van der Waals surface area (Å²) >= 11 is 5.88. The Morgan fingerprint density at radius 3 is 2.56 bits per heavy atom. The Morgan fingerprint density at radius 1 is 1.31 bits per heavy atom. The maximum Gasteiger partial charge on any atom is 0.0716 e. The molecule has 1 aromatic rings. The van der Waals surface area contributed by atoms with E-state index in [1.54, 1.807) is 0 Å². The molecule has 1 saturated heterocycles. The number of halogens is 1. The van der Waals surface area contributed by atoms with Gasteiger partial charge in [0.15, 0.2) is 0 Å². The molecule has 1 unspecified atom stereocenters. The van der Waals surface area contributed by atoms with Crippen molar-refractivity contribution in [3.8, 4) is 0 Å². The van der Waals surface area contributed by atoms with Crippen LogP contribution in [0.25, 0.3) is 0 Å². The molecule has 2 nitrogen and oxygen atoms in total. The highest BCUT2D eigenvalue weighted by atomic mass is 35.5. The van der Waals surface area contributed by atoms with Crippen LogP contribution in [0.15, 0.2) is 24.3 Å². The lowest BCUT2D eigenvalue weighted by Crippen LogP contribution is -2.52. The summed E-state index contributed by atoms with van der Waals surface area (Å²) in [5.74, 6) is 0. The van der Waals surface area contributed by atoms with E-state index < -0.39 is 0 Å². The Balaban J connectivity index is 2.26. The number of piperidine rings is 1. The molecule has 2 rings (SSSR count). The number of hydrogen-bond acceptors (Lipinski definition) is 2. The van der Waals surface area contributed by atoms with E-state index in [-0.39, 0.29) is 11.6 Å². The van der Waals surface area contributed by atoms with E-state index in [0.717, 1.165) is 23.6 Å². The molecule has 0 aromatic heterocycles. The van der Waals surface area contributed by atoms with Crippen LogP contribution in [0, 0.1) is 0 Å². The summed E-state index contributed by atoms with van der Waals surface area (Å²) < 4.78 is 0. The second-order valence-corrected chi connectivity index (χ2v) is 5.53. The van der Waals surface area contributed by atoms with Gasteiger partial charge in [-0.2, -0.15) is 0 Å². The molecule has 0 amide bonds. The molecule has 0 bridgehead atoms. The molecular formula is C13H18ClNO. The van der Waals surface area contributed by atoms with Crippen LogP contribution in [-0.2, 0) is 0 Å². The van der Waals surface area contributed by atoms with Crippen LogP contribution >= 0.6 is 11.6 Å². The Kier molecular flexibility index (Phi) is 3.13. The van der Waals surface area contributed by atoms with Crippen LogP contribution in [0.2, 0.25) is 5.02 Å². The van der Waals surface area contributed by atoms with Crippen molar-refractivity contribution in [1.29, 1.82) is 0 Å². The Morgan fingerprint density at radius 2 is 1.94 bits per heavy atom. The quantitative estimate of drug-likeness (QED) is 0.814. The summed E-state index contributed by atoms with van der Waals surface area (Å²) in [6.07, 6.45) is 1.68. The summed E-state index contributed by atoms with van der Waals surface area (Å²) in [7, 11) is 0. The minimum absolute atomic E-state index is 0.104. The lowest BCUT2D eigenvalue weighted by atomic mass is 9.88. The molecule has 16 heavy (non-hydrogen) atoms. The van der Waals surface area contributed by atoms with Gasteiger partial charge < -0.3 is 10.0 Å². The molecule has 0 aliphatic carbocycles. The van der Waals surface area contributed by atoms with Crippen molar-refractivity contribution in [2.45, 2.75) is 38.3 Å². The van der Waals surface area contributed by atoms with E-state index in [4.69, 9.17) is 11.6 Å². The molecule has 1 fully saturated rings. The molecule has 3 heteroatoms. The van der Waals surface area contributed by atoms with Crippen LogP contribution in [0.4, 0.5) is 5.69 Å². The summed E-state index contributed by atoms with van der Waals surface area (Å²) in [4.78, 5) is 2.26. The number of aliphatic hydroxyl groups excluding tert-OH is 1. The summed E-state index contributed by atoms with van der Waals surface area (Å²) in [5, 5.41) is 10.5. The smallest absolute Gasteiger partial charge is 0.0716 e. The Bertz CT molecular complexity index is 361. The van der Waals surface area contributed by atoms with Crippen molar-refractivity contribution in [3.63, 3.8) is 0 Å². The number of nitrogens with zero attached hydrogens (tertiary/aromatic N) is 1. The molecule has 1 N–H and O–H groups in total. The molecule has 88 valence electrons. The largest absolute Gasteiger partial charge is 0.391 e. The van der Waals surface area contributed by atoms with Gasteiger partial charge in [0.05, 0.1) is 6.10 Å². The van der Waals surface area contributed by atoms with Crippen molar-refractivity contribution in [1.82, 2.24) is 0 Å². The highest BCUT2D eigenvalue weighted by Crippen LogP contribution is 2.32. The van der Waals surface area contributed by atoms with Crippen molar-refractivity contribution in [2.24, 2.45) is 0 Å². The van der Waals surface area contributed by atoms with E-state index >= 15 is 0 Å². The van der Waals surface area contributed by atoms with Crippen molar-refractivity contribution < 1.29 is 5.11 Å². The average molecular weight is 240 g/mol. The minimum atomic E-state index is -0.219. The lowest BCUT2D eigenvalue weighted by molar-refractivity contribution is 0.126. The number of rotatable bonds is 1. The zero-order chi connectivity index (χ0) is 11.8. The van der Waals surface area contributed by atoms with Crippen LogP contribution in [0.3, 0.4) is 0 Å². The molecule has 0 saturated carbocycles. The van der Waals surface area contributed by atoms with Gasteiger partial charge in [-0.05, 0) is 51.0 Å². The first-order valence-electron chi connectivity index (χ1n) is 5.70. The van der Waals surface area contributed by atoms with Crippen LogP contribution in [0.1, 0.15) is 26.7 Å². The number of benzene rings is 1. The van der Waals surface area contributed by atoms with Crippen LogP contribution in [0.5, 0.6) is 0 Å². The van der Waals surface area contributed by atoms with E-state index in [2.05, 4.69) is 18.7 Å². The second kappa shape index (κ2) is 4.27. The first kappa shape index (κ1) is 11.7. The van der Waals surface area contributed by atoms with Gasteiger partial charge in [-0.15, -0.1) is 0 Å². The summed E-state index contributed by atoms with van der Waals surface area (Å²) in [6, 6.07) is 7.83. The van der Waals surface area contributed by atoms with Crippen molar-refractivity contribution in [3.05, 3.63) is 29.3 Å².